The van der Waals surface area contributed by atoms with Gasteiger partial charge in [0.1, 0.15) is 5.75 Å². The molecule has 134 valence electrons. The maximum absolute atomic E-state index is 12.1. The summed E-state index contributed by atoms with van der Waals surface area (Å²) in [6, 6.07) is 16.5. The van der Waals surface area contributed by atoms with E-state index in [1.165, 1.54) is 11.3 Å². The van der Waals surface area contributed by atoms with Gasteiger partial charge in [-0.15, -0.1) is 0 Å². The molecule has 2 aliphatic heterocycles. The number of hydrogen-bond donors (Lipinski definition) is 1. The van der Waals surface area contributed by atoms with Crippen molar-refractivity contribution in [3.05, 3.63) is 65.7 Å². The maximum atomic E-state index is 12.1. The van der Waals surface area contributed by atoms with Gasteiger partial charge in [-0.3, -0.25) is 4.79 Å². The molecule has 0 radical (unpaired) electrons. The van der Waals surface area contributed by atoms with Gasteiger partial charge in [0, 0.05) is 37.8 Å². The average Bonchev–Trinajstić information content (AvgIpc) is 3.34. The lowest BCUT2D eigenvalue weighted by Gasteiger charge is -2.18. The number of fused-ring (bicyclic) bond motifs is 1. The number of carbonyl (C=O) groups excluding carboxylic acids is 1. The number of anilines is 1. The van der Waals surface area contributed by atoms with Crippen LogP contribution >= 0.6 is 0 Å². The molecule has 0 bridgehead atoms. The first-order chi connectivity index (χ1) is 12.8. The largest absolute Gasteiger partial charge is 0.493 e. The highest BCUT2D eigenvalue weighted by Crippen LogP contribution is 2.26. The Kier molecular flexibility index (Phi) is 4.91. The lowest BCUT2D eigenvalue weighted by atomic mass is 10.1. The SMILES string of the molecule is O=C(/C=C\c1ccc2c(c1)CCO2)NC[C@@H]1CCN(c2ccccc2)C1. The van der Waals surface area contributed by atoms with Crippen LogP contribution in [0.2, 0.25) is 0 Å². The number of nitrogens with one attached hydrogen (secondary N) is 1. The lowest BCUT2D eigenvalue weighted by molar-refractivity contribution is -0.116. The van der Waals surface area contributed by atoms with Gasteiger partial charge >= 0.3 is 0 Å². The number of carbonyl (C=O) groups is 1. The highest BCUT2D eigenvalue weighted by molar-refractivity contribution is 5.91. The quantitative estimate of drug-likeness (QED) is 0.843. The summed E-state index contributed by atoms with van der Waals surface area (Å²) in [6.45, 7) is 3.53. The van der Waals surface area contributed by atoms with Gasteiger partial charge in [-0.1, -0.05) is 24.3 Å². The first kappa shape index (κ1) is 16.7. The predicted molar refractivity (Wildman–Crippen MR) is 104 cm³/mol. The zero-order chi connectivity index (χ0) is 17.8. The van der Waals surface area contributed by atoms with Crippen molar-refractivity contribution in [1.82, 2.24) is 5.32 Å². The van der Waals surface area contributed by atoms with Crippen LogP contribution < -0.4 is 15.0 Å². The van der Waals surface area contributed by atoms with Crippen LogP contribution in [0.15, 0.2) is 54.6 Å². The van der Waals surface area contributed by atoms with E-state index in [-0.39, 0.29) is 5.91 Å². The third kappa shape index (κ3) is 3.90. The number of nitrogens with zero attached hydrogens (tertiary/aromatic N) is 1. The van der Waals surface area contributed by atoms with Gasteiger partial charge in [-0.05, 0) is 53.8 Å². The summed E-state index contributed by atoms with van der Waals surface area (Å²) >= 11 is 0. The highest BCUT2D eigenvalue weighted by Gasteiger charge is 2.22. The molecule has 2 aliphatic rings. The van der Waals surface area contributed by atoms with Crippen LogP contribution in [0, 0.1) is 5.92 Å². The van der Waals surface area contributed by atoms with E-state index in [2.05, 4.69) is 40.5 Å². The van der Waals surface area contributed by atoms with Crippen molar-refractivity contribution in [2.45, 2.75) is 12.8 Å². The first-order valence-electron chi connectivity index (χ1n) is 9.29. The monoisotopic (exact) mass is 348 g/mol. The van der Waals surface area contributed by atoms with E-state index in [0.717, 1.165) is 50.4 Å². The number of hydrogen-bond acceptors (Lipinski definition) is 3. The number of ether oxygens (including phenoxy) is 1. The molecule has 0 unspecified atom stereocenters. The highest BCUT2D eigenvalue weighted by atomic mass is 16.5. The molecule has 0 saturated carbocycles. The zero-order valence-corrected chi connectivity index (χ0v) is 14.9. The Hall–Kier alpha value is -2.75. The molecule has 4 rings (SSSR count). The van der Waals surface area contributed by atoms with Crippen LogP contribution in [-0.2, 0) is 11.2 Å². The third-order valence-electron chi connectivity index (χ3n) is 5.11. The molecule has 2 aromatic carbocycles. The molecule has 1 atom stereocenters. The number of para-hydroxylation sites is 1. The molecular formula is C22H24N2O2. The number of benzene rings is 2. The van der Waals surface area contributed by atoms with Gasteiger partial charge in [-0.25, -0.2) is 0 Å². The van der Waals surface area contributed by atoms with Crippen LogP contribution in [0.5, 0.6) is 5.75 Å². The summed E-state index contributed by atoms with van der Waals surface area (Å²) in [5.41, 5.74) is 3.53. The molecule has 4 nitrogen and oxygen atoms in total. The van der Waals surface area contributed by atoms with Crippen LogP contribution in [0.25, 0.3) is 6.08 Å². The summed E-state index contributed by atoms with van der Waals surface area (Å²) in [7, 11) is 0. The Bertz CT molecular complexity index is 801. The molecular weight excluding hydrogens is 324 g/mol. The molecule has 1 amide bonds. The minimum Gasteiger partial charge on any atom is -0.493 e. The lowest BCUT2D eigenvalue weighted by Crippen LogP contribution is -2.29. The molecule has 0 aliphatic carbocycles. The van der Waals surface area contributed by atoms with Crippen molar-refractivity contribution in [1.29, 1.82) is 0 Å². The molecule has 26 heavy (non-hydrogen) atoms. The van der Waals surface area contributed by atoms with Crippen molar-refractivity contribution in [3.8, 4) is 5.75 Å². The maximum Gasteiger partial charge on any atom is 0.244 e. The number of amides is 1. The van der Waals surface area contributed by atoms with Crippen LogP contribution in [0.1, 0.15) is 17.5 Å². The molecule has 2 heterocycles. The van der Waals surface area contributed by atoms with Gasteiger partial charge in [0.15, 0.2) is 0 Å². The van der Waals surface area contributed by atoms with E-state index < -0.39 is 0 Å². The van der Waals surface area contributed by atoms with E-state index in [9.17, 15) is 4.79 Å². The van der Waals surface area contributed by atoms with E-state index in [1.807, 2.05) is 24.3 Å². The van der Waals surface area contributed by atoms with Crippen LogP contribution in [0.3, 0.4) is 0 Å². The Morgan fingerprint density at radius 2 is 2.12 bits per heavy atom. The van der Waals surface area contributed by atoms with Gasteiger partial charge in [0.25, 0.3) is 0 Å². The van der Waals surface area contributed by atoms with E-state index in [1.54, 1.807) is 6.08 Å². The minimum absolute atomic E-state index is 0.0279. The van der Waals surface area contributed by atoms with E-state index in [4.69, 9.17) is 4.74 Å². The fourth-order valence-corrected chi connectivity index (χ4v) is 3.66. The van der Waals surface area contributed by atoms with Gasteiger partial charge < -0.3 is 15.0 Å². The standard InChI is InChI=1S/C22H24N2O2/c25-22(9-7-17-6-8-21-19(14-17)11-13-26-21)23-15-18-10-12-24(16-18)20-4-2-1-3-5-20/h1-9,14,18H,10-13,15-16H2,(H,23,25)/b9-7-/t18-/m0/s1. The second kappa shape index (κ2) is 7.65. The smallest absolute Gasteiger partial charge is 0.244 e. The Morgan fingerprint density at radius 3 is 3.00 bits per heavy atom. The molecule has 1 N–H and O–H groups in total. The Labute approximate surface area is 154 Å². The second-order valence-electron chi connectivity index (χ2n) is 6.98. The molecule has 1 saturated heterocycles. The normalized spacial score (nSPS) is 18.8. The van der Waals surface area contributed by atoms with Crippen molar-refractivity contribution in [2.24, 2.45) is 5.92 Å². The van der Waals surface area contributed by atoms with Crippen molar-refractivity contribution >= 4 is 17.7 Å². The fourth-order valence-electron chi connectivity index (χ4n) is 3.66. The van der Waals surface area contributed by atoms with Crippen LogP contribution in [-0.4, -0.2) is 32.1 Å². The van der Waals surface area contributed by atoms with Gasteiger partial charge in [0.05, 0.1) is 6.61 Å². The van der Waals surface area contributed by atoms with E-state index in [0.29, 0.717) is 5.92 Å². The first-order valence-corrected chi connectivity index (χ1v) is 9.29. The molecule has 2 aromatic rings. The fraction of sp³-hybridized carbons (Fsp3) is 0.318. The summed E-state index contributed by atoms with van der Waals surface area (Å²) in [6.07, 6.45) is 5.56. The second-order valence-corrected chi connectivity index (χ2v) is 6.98. The Morgan fingerprint density at radius 1 is 1.23 bits per heavy atom. The average molecular weight is 348 g/mol. The van der Waals surface area contributed by atoms with E-state index >= 15 is 0 Å². The van der Waals surface area contributed by atoms with Crippen molar-refractivity contribution in [2.75, 3.05) is 31.1 Å². The molecule has 1 fully saturated rings. The topological polar surface area (TPSA) is 41.6 Å². The number of rotatable bonds is 5. The summed E-state index contributed by atoms with van der Waals surface area (Å²) in [5, 5.41) is 3.04. The summed E-state index contributed by atoms with van der Waals surface area (Å²) in [5.74, 6) is 1.44. The van der Waals surface area contributed by atoms with Crippen molar-refractivity contribution in [3.63, 3.8) is 0 Å². The molecule has 4 heteroatoms. The third-order valence-corrected chi connectivity index (χ3v) is 5.11. The summed E-state index contributed by atoms with van der Waals surface area (Å²) in [4.78, 5) is 14.5. The van der Waals surface area contributed by atoms with Gasteiger partial charge in [0.2, 0.25) is 5.91 Å². The zero-order valence-electron chi connectivity index (χ0n) is 14.9. The Balaban J connectivity index is 1.25. The summed E-state index contributed by atoms with van der Waals surface area (Å²) < 4.78 is 5.51. The van der Waals surface area contributed by atoms with Crippen LogP contribution in [0.4, 0.5) is 5.69 Å². The predicted octanol–water partition coefficient (Wildman–Crippen LogP) is 3.28. The molecule has 0 aromatic heterocycles. The van der Waals surface area contributed by atoms with Gasteiger partial charge in [-0.2, -0.15) is 0 Å². The molecule has 0 spiro atoms. The van der Waals surface area contributed by atoms with Crippen molar-refractivity contribution < 1.29 is 9.53 Å². The minimum atomic E-state index is -0.0279.